The van der Waals surface area contributed by atoms with Crippen LogP contribution in [0.4, 0.5) is 5.69 Å². The third kappa shape index (κ3) is 4.03. The highest BCUT2D eigenvalue weighted by Crippen LogP contribution is 2.16. The first-order valence-corrected chi connectivity index (χ1v) is 6.58. The summed E-state index contributed by atoms with van der Waals surface area (Å²) in [6, 6.07) is 16.2. The van der Waals surface area contributed by atoms with Crippen LogP contribution in [-0.4, -0.2) is 6.61 Å². The van der Waals surface area contributed by atoms with Gasteiger partial charge in [0.2, 0.25) is 0 Å². The zero-order chi connectivity index (χ0) is 14.4. The average molecular weight is 266 g/mol. The molecule has 0 saturated heterocycles. The van der Waals surface area contributed by atoms with Gasteiger partial charge in [-0.15, -0.1) is 0 Å². The fraction of sp³-hybridized carbons (Fsp3) is 0.235. The van der Waals surface area contributed by atoms with Crippen molar-refractivity contribution in [2.24, 2.45) is 0 Å². The van der Waals surface area contributed by atoms with Crippen molar-refractivity contribution in [3.05, 3.63) is 59.2 Å². The van der Waals surface area contributed by atoms with Gasteiger partial charge in [-0.05, 0) is 54.8 Å². The summed E-state index contributed by atoms with van der Waals surface area (Å²) in [6.07, 6.45) is 0. The Morgan fingerprint density at radius 1 is 1.05 bits per heavy atom. The minimum Gasteiger partial charge on any atom is -0.479 e. The lowest BCUT2D eigenvalue weighted by Crippen LogP contribution is -2.00. The third-order valence-corrected chi connectivity index (χ3v) is 2.95. The van der Waals surface area contributed by atoms with Gasteiger partial charge < -0.3 is 10.1 Å². The molecule has 0 amide bonds. The molecule has 3 nitrogen and oxygen atoms in total. The second-order valence-electron chi connectivity index (χ2n) is 4.82. The molecule has 0 heterocycles. The van der Waals surface area contributed by atoms with Crippen LogP contribution in [0.3, 0.4) is 0 Å². The second-order valence-corrected chi connectivity index (χ2v) is 4.82. The van der Waals surface area contributed by atoms with Crippen molar-refractivity contribution in [3.8, 4) is 11.8 Å². The Morgan fingerprint density at radius 3 is 2.30 bits per heavy atom. The minimum atomic E-state index is 0.0835. The van der Waals surface area contributed by atoms with E-state index in [4.69, 9.17) is 10.00 Å². The van der Waals surface area contributed by atoms with Crippen LogP contribution in [0.5, 0.6) is 5.75 Å². The first-order chi connectivity index (χ1) is 9.67. The molecule has 0 radical (unpaired) electrons. The van der Waals surface area contributed by atoms with E-state index in [-0.39, 0.29) is 6.61 Å². The van der Waals surface area contributed by atoms with E-state index in [0.29, 0.717) is 0 Å². The highest BCUT2D eigenvalue weighted by atomic mass is 16.5. The normalized spacial score (nSPS) is 9.85. The van der Waals surface area contributed by atoms with Gasteiger partial charge in [0.1, 0.15) is 11.8 Å². The van der Waals surface area contributed by atoms with E-state index in [1.807, 2.05) is 30.3 Å². The number of rotatable bonds is 5. The van der Waals surface area contributed by atoms with Crippen LogP contribution in [0.2, 0.25) is 0 Å². The number of aryl methyl sites for hydroxylation is 2. The van der Waals surface area contributed by atoms with Gasteiger partial charge in [-0.2, -0.15) is 5.26 Å². The molecule has 20 heavy (non-hydrogen) atoms. The lowest BCUT2D eigenvalue weighted by molar-refractivity contribution is 0.368. The van der Waals surface area contributed by atoms with Crippen LogP contribution in [-0.2, 0) is 6.54 Å². The maximum absolute atomic E-state index is 8.45. The van der Waals surface area contributed by atoms with E-state index in [9.17, 15) is 0 Å². The van der Waals surface area contributed by atoms with E-state index in [2.05, 4.69) is 37.4 Å². The molecule has 2 aromatic carbocycles. The molecule has 3 heteroatoms. The molecule has 2 aromatic rings. The summed E-state index contributed by atoms with van der Waals surface area (Å²) in [5.41, 5.74) is 4.82. The van der Waals surface area contributed by atoms with Crippen molar-refractivity contribution in [2.45, 2.75) is 20.4 Å². The highest BCUT2D eigenvalue weighted by molar-refractivity contribution is 5.48. The lowest BCUT2D eigenvalue weighted by atomic mass is 10.1. The highest BCUT2D eigenvalue weighted by Gasteiger charge is 1.98. The summed E-state index contributed by atoms with van der Waals surface area (Å²) < 4.78 is 5.22. The van der Waals surface area contributed by atoms with Gasteiger partial charge in [-0.25, -0.2) is 0 Å². The van der Waals surface area contributed by atoms with Gasteiger partial charge in [0.25, 0.3) is 0 Å². The SMILES string of the molecule is Cc1cc(C)cc(NCc2ccc(OCC#N)cc2)c1. The molecule has 0 saturated carbocycles. The van der Waals surface area contributed by atoms with Crippen molar-refractivity contribution in [3.63, 3.8) is 0 Å². The molecule has 0 aliphatic carbocycles. The summed E-state index contributed by atoms with van der Waals surface area (Å²) in [6.45, 7) is 5.04. The molecule has 0 spiro atoms. The van der Waals surface area contributed by atoms with E-state index >= 15 is 0 Å². The van der Waals surface area contributed by atoms with Crippen LogP contribution in [0.15, 0.2) is 42.5 Å². The zero-order valence-corrected chi connectivity index (χ0v) is 11.8. The number of benzene rings is 2. The number of nitrogens with one attached hydrogen (secondary N) is 1. The third-order valence-electron chi connectivity index (χ3n) is 2.95. The molecule has 0 fully saturated rings. The van der Waals surface area contributed by atoms with Gasteiger partial charge >= 0.3 is 0 Å². The Morgan fingerprint density at radius 2 is 1.70 bits per heavy atom. The molecule has 0 unspecified atom stereocenters. The number of ether oxygens (including phenoxy) is 1. The number of nitriles is 1. The Hall–Kier alpha value is -2.47. The van der Waals surface area contributed by atoms with Gasteiger partial charge in [0, 0.05) is 12.2 Å². The first-order valence-electron chi connectivity index (χ1n) is 6.58. The molecule has 0 aromatic heterocycles. The molecular weight excluding hydrogens is 248 g/mol. The number of anilines is 1. The molecule has 0 aliphatic heterocycles. The fourth-order valence-electron chi connectivity index (χ4n) is 2.10. The Labute approximate surface area is 119 Å². The predicted octanol–water partition coefficient (Wildman–Crippen LogP) is 3.82. The van der Waals surface area contributed by atoms with Crippen LogP contribution in [0, 0.1) is 25.2 Å². The zero-order valence-electron chi connectivity index (χ0n) is 11.8. The number of hydrogen-bond acceptors (Lipinski definition) is 3. The molecule has 0 bridgehead atoms. The Bertz CT molecular complexity index is 592. The maximum Gasteiger partial charge on any atom is 0.174 e. The molecule has 102 valence electrons. The summed E-state index contributed by atoms with van der Waals surface area (Å²) in [4.78, 5) is 0. The largest absolute Gasteiger partial charge is 0.479 e. The number of nitrogens with zero attached hydrogens (tertiary/aromatic N) is 1. The average Bonchev–Trinajstić information content (AvgIpc) is 2.43. The molecule has 0 aliphatic rings. The topological polar surface area (TPSA) is 45.0 Å². The van der Waals surface area contributed by atoms with Crippen molar-refractivity contribution in [1.29, 1.82) is 5.26 Å². The van der Waals surface area contributed by atoms with E-state index in [0.717, 1.165) is 18.0 Å². The maximum atomic E-state index is 8.45. The van der Waals surface area contributed by atoms with E-state index < -0.39 is 0 Å². The van der Waals surface area contributed by atoms with Crippen molar-refractivity contribution in [2.75, 3.05) is 11.9 Å². The Balaban J connectivity index is 1.95. The van der Waals surface area contributed by atoms with E-state index in [1.54, 1.807) is 0 Å². The fourth-order valence-corrected chi connectivity index (χ4v) is 2.10. The lowest BCUT2D eigenvalue weighted by Gasteiger charge is -2.09. The van der Waals surface area contributed by atoms with Crippen molar-refractivity contribution in [1.82, 2.24) is 0 Å². The van der Waals surface area contributed by atoms with Crippen molar-refractivity contribution < 1.29 is 4.74 Å². The van der Waals surface area contributed by atoms with Crippen molar-refractivity contribution >= 4 is 5.69 Å². The first kappa shape index (κ1) is 14.0. The summed E-state index contributed by atoms with van der Waals surface area (Å²) in [7, 11) is 0. The second kappa shape index (κ2) is 6.63. The molecular formula is C17H18N2O. The molecule has 2 rings (SSSR count). The molecule has 1 N–H and O–H groups in total. The quantitative estimate of drug-likeness (QED) is 0.894. The van der Waals surface area contributed by atoms with E-state index in [1.165, 1.54) is 16.7 Å². The predicted molar refractivity (Wildman–Crippen MR) is 80.8 cm³/mol. The summed E-state index contributed by atoms with van der Waals surface area (Å²) in [5, 5.41) is 11.9. The number of hydrogen-bond donors (Lipinski definition) is 1. The molecule has 0 atom stereocenters. The summed E-state index contributed by atoms with van der Waals surface area (Å²) >= 11 is 0. The standard InChI is InChI=1S/C17H18N2O/c1-13-9-14(2)11-16(10-13)19-12-15-3-5-17(6-4-15)20-8-7-18/h3-6,9-11,19H,8,12H2,1-2H3. The van der Waals surface area contributed by atoms with Gasteiger partial charge in [0.05, 0.1) is 0 Å². The van der Waals surface area contributed by atoms with Crippen LogP contribution in [0.25, 0.3) is 0 Å². The van der Waals surface area contributed by atoms with Crippen LogP contribution >= 0.6 is 0 Å². The Kier molecular flexibility index (Phi) is 4.62. The van der Waals surface area contributed by atoms with Gasteiger partial charge in [-0.3, -0.25) is 0 Å². The van der Waals surface area contributed by atoms with Crippen LogP contribution in [0.1, 0.15) is 16.7 Å². The van der Waals surface area contributed by atoms with Crippen LogP contribution < -0.4 is 10.1 Å². The summed E-state index contributed by atoms with van der Waals surface area (Å²) in [5.74, 6) is 0.724. The minimum absolute atomic E-state index is 0.0835. The van der Waals surface area contributed by atoms with Gasteiger partial charge in [0.15, 0.2) is 6.61 Å². The smallest absolute Gasteiger partial charge is 0.174 e. The van der Waals surface area contributed by atoms with Gasteiger partial charge in [-0.1, -0.05) is 18.2 Å². The monoisotopic (exact) mass is 266 g/mol.